The van der Waals surface area contributed by atoms with Gasteiger partial charge >= 0.3 is 0 Å². The van der Waals surface area contributed by atoms with Gasteiger partial charge in [-0.2, -0.15) is 0 Å². The summed E-state index contributed by atoms with van der Waals surface area (Å²) in [7, 11) is 0. The molecule has 0 radical (unpaired) electrons. The lowest BCUT2D eigenvalue weighted by atomic mass is 9.98. The largest absolute Gasteiger partial charge is 0.370 e. The standard InChI is InChI=1S/C17H33N7O3/c1-3-10(2)13(18)15(26)23-11(6-4-8-22-17(20)21)16(27)24-9-5-7-12(24)14(19)25/h10-13H,3-9,18H2,1-2H3,(H2,19,25)(H,23,26)(H4,20,21,22)/t10-,11-,12-,13-/m0/s1. The predicted molar refractivity (Wildman–Crippen MR) is 103 cm³/mol. The van der Waals surface area contributed by atoms with Crippen molar-refractivity contribution in [2.24, 2.45) is 33.8 Å². The van der Waals surface area contributed by atoms with Crippen molar-refractivity contribution in [3.8, 4) is 0 Å². The maximum atomic E-state index is 13.0. The van der Waals surface area contributed by atoms with Crippen molar-refractivity contribution in [2.75, 3.05) is 13.1 Å². The third-order valence-electron chi connectivity index (χ3n) is 4.98. The summed E-state index contributed by atoms with van der Waals surface area (Å²) in [4.78, 5) is 42.4. The van der Waals surface area contributed by atoms with E-state index in [-0.39, 0.29) is 23.7 Å². The van der Waals surface area contributed by atoms with Gasteiger partial charge in [-0.3, -0.25) is 19.4 Å². The zero-order valence-corrected chi connectivity index (χ0v) is 16.2. The van der Waals surface area contributed by atoms with Gasteiger partial charge in [0.2, 0.25) is 17.7 Å². The second-order valence-electron chi connectivity index (χ2n) is 7.01. The number of primary amides is 1. The van der Waals surface area contributed by atoms with Crippen LogP contribution in [0, 0.1) is 5.92 Å². The Bertz CT molecular complexity index is 563. The maximum Gasteiger partial charge on any atom is 0.245 e. The van der Waals surface area contributed by atoms with E-state index in [9.17, 15) is 14.4 Å². The Balaban J connectivity index is 2.86. The number of rotatable bonds is 10. The Hall–Kier alpha value is -2.36. The number of hydrogen-bond acceptors (Lipinski definition) is 5. The Morgan fingerprint density at radius 2 is 1.93 bits per heavy atom. The van der Waals surface area contributed by atoms with Crippen molar-refractivity contribution >= 4 is 23.7 Å². The van der Waals surface area contributed by atoms with E-state index in [1.165, 1.54) is 4.90 Å². The second kappa shape index (κ2) is 10.7. The van der Waals surface area contributed by atoms with Crippen LogP contribution in [0.4, 0.5) is 0 Å². The van der Waals surface area contributed by atoms with Crippen LogP contribution in [0.5, 0.6) is 0 Å². The summed E-state index contributed by atoms with van der Waals surface area (Å²) in [5.41, 5.74) is 22.0. The third-order valence-corrected chi connectivity index (χ3v) is 4.98. The minimum absolute atomic E-state index is 0.0208. The Kier molecular flexibility index (Phi) is 8.99. The molecule has 3 amide bonds. The van der Waals surface area contributed by atoms with Crippen molar-refractivity contribution in [3.63, 3.8) is 0 Å². The fourth-order valence-corrected chi connectivity index (χ4v) is 3.07. The van der Waals surface area contributed by atoms with Crippen LogP contribution in [-0.2, 0) is 14.4 Å². The maximum absolute atomic E-state index is 13.0. The summed E-state index contributed by atoms with van der Waals surface area (Å²) in [5.74, 6) is -1.31. The molecule has 0 aromatic heterocycles. The summed E-state index contributed by atoms with van der Waals surface area (Å²) in [6, 6.07) is -2.16. The van der Waals surface area contributed by atoms with Crippen LogP contribution in [0.25, 0.3) is 0 Å². The Labute approximate surface area is 160 Å². The van der Waals surface area contributed by atoms with Crippen LogP contribution in [0.3, 0.4) is 0 Å². The zero-order valence-electron chi connectivity index (χ0n) is 16.2. The molecule has 10 heteroatoms. The number of nitrogens with one attached hydrogen (secondary N) is 1. The summed E-state index contributed by atoms with van der Waals surface area (Å²) < 4.78 is 0. The van der Waals surface area contributed by atoms with Gasteiger partial charge in [0.25, 0.3) is 0 Å². The number of nitrogens with two attached hydrogens (primary N) is 4. The van der Waals surface area contributed by atoms with Gasteiger partial charge in [-0.15, -0.1) is 0 Å². The average molecular weight is 383 g/mol. The van der Waals surface area contributed by atoms with E-state index >= 15 is 0 Å². The van der Waals surface area contributed by atoms with Crippen LogP contribution in [-0.4, -0.2) is 59.8 Å². The van der Waals surface area contributed by atoms with Crippen molar-refractivity contribution in [1.82, 2.24) is 10.2 Å². The highest BCUT2D eigenvalue weighted by atomic mass is 16.2. The normalized spacial score (nSPS) is 19.8. The van der Waals surface area contributed by atoms with Gasteiger partial charge in [0.15, 0.2) is 5.96 Å². The van der Waals surface area contributed by atoms with Crippen LogP contribution in [0.2, 0.25) is 0 Å². The first kappa shape index (κ1) is 22.7. The molecule has 1 rings (SSSR count). The van der Waals surface area contributed by atoms with E-state index in [4.69, 9.17) is 22.9 Å². The number of amides is 3. The number of nitrogens with zero attached hydrogens (tertiary/aromatic N) is 2. The lowest BCUT2D eigenvalue weighted by Gasteiger charge is -2.29. The van der Waals surface area contributed by atoms with E-state index in [2.05, 4.69) is 10.3 Å². The molecule has 10 nitrogen and oxygen atoms in total. The summed E-state index contributed by atoms with van der Waals surface area (Å²) in [6.07, 6.45) is 2.79. The molecule has 0 saturated carbocycles. The molecule has 27 heavy (non-hydrogen) atoms. The monoisotopic (exact) mass is 383 g/mol. The van der Waals surface area contributed by atoms with Gasteiger partial charge < -0.3 is 33.2 Å². The highest BCUT2D eigenvalue weighted by molar-refractivity contribution is 5.93. The number of guanidine groups is 1. The van der Waals surface area contributed by atoms with Crippen molar-refractivity contribution < 1.29 is 14.4 Å². The summed E-state index contributed by atoms with van der Waals surface area (Å²) in [5, 5.41) is 2.74. The molecular formula is C17H33N7O3. The van der Waals surface area contributed by atoms with E-state index in [1.807, 2.05) is 13.8 Å². The second-order valence-corrected chi connectivity index (χ2v) is 7.01. The van der Waals surface area contributed by atoms with Gasteiger partial charge in [0.05, 0.1) is 6.04 Å². The van der Waals surface area contributed by atoms with E-state index < -0.39 is 24.0 Å². The Morgan fingerprint density at radius 1 is 1.26 bits per heavy atom. The van der Waals surface area contributed by atoms with Gasteiger partial charge in [-0.25, -0.2) is 0 Å². The lowest BCUT2D eigenvalue weighted by Crippen LogP contribution is -2.56. The fourth-order valence-electron chi connectivity index (χ4n) is 3.07. The highest BCUT2D eigenvalue weighted by Crippen LogP contribution is 2.19. The summed E-state index contributed by atoms with van der Waals surface area (Å²) >= 11 is 0. The van der Waals surface area contributed by atoms with Crippen LogP contribution in [0.1, 0.15) is 46.0 Å². The van der Waals surface area contributed by atoms with Crippen LogP contribution < -0.4 is 28.3 Å². The molecule has 1 aliphatic heterocycles. The molecule has 9 N–H and O–H groups in total. The molecule has 1 fully saturated rings. The number of likely N-dealkylation sites (tertiary alicyclic amines) is 1. The molecule has 1 heterocycles. The van der Waals surface area contributed by atoms with Crippen LogP contribution in [0.15, 0.2) is 4.99 Å². The third kappa shape index (κ3) is 6.70. The Morgan fingerprint density at radius 3 is 2.48 bits per heavy atom. The molecule has 0 spiro atoms. The SMILES string of the molecule is CC[C@H](C)[C@H](N)C(=O)N[C@@H](CCCN=C(N)N)C(=O)N1CCC[C@H]1C(N)=O. The number of carbonyl (C=O) groups excluding carboxylic acids is 3. The predicted octanol–water partition coefficient (Wildman–Crippen LogP) is -1.63. The van der Waals surface area contributed by atoms with E-state index in [0.29, 0.717) is 38.8 Å². The molecule has 4 atom stereocenters. The minimum atomic E-state index is -0.804. The molecular weight excluding hydrogens is 350 g/mol. The molecule has 154 valence electrons. The van der Waals surface area contributed by atoms with Gasteiger partial charge in [0.1, 0.15) is 12.1 Å². The molecule has 1 aliphatic rings. The topological polar surface area (TPSA) is 183 Å². The average Bonchev–Trinajstić information content (AvgIpc) is 3.11. The first-order chi connectivity index (χ1) is 12.7. The van der Waals surface area contributed by atoms with E-state index in [0.717, 1.165) is 6.42 Å². The molecule has 0 aromatic rings. The van der Waals surface area contributed by atoms with Crippen molar-refractivity contribution in [1.29, 1.82) is 0 Å². The first-order valence-corrected chi connectivity index (χ1v) is 9.40. The number of carbonyl (C=O) groups is 3. The fraction of sp³-hybridized carbons (Fsp3) is 0.765. The van der Waals surface area contributed by atoms with Crippen molar-refractivity contribution in [2.45, 2.75) is 64.1 Å². The zero-order chi connectivity index (χ0) is 20.6. The van der Waals surface area contributed by atoms with Crippen molar-refractivity contribution in [3.05, 3.63) is 0 Å². The molecule has 0 unspecified atom stereocenters. The first-order valence-electron chi connectivity index (χ1n) is 9.40. The number of aliphatic imine (C=N–C) groups is 1. The van der Waals surface area contributed by atoms with Gasteiger partial charge in [-0.05, 0) is 31.6 Å². The van der Waals surface area contributed by atoms with Gasteiger partial charge in [-0.1, -0.05) is 20.3 Å². The number of hydrogen-bond donors (Lipinski definition) is 5. The van der Waals surface area contributed by atoms with Crippen LogP contribution >= 0.6 is 0 Å². The molecule has 1 saturated heterocycles. The quantitative estimate of drug-likeness (QED) is 0.171. The lowest BCUT2D eigenvalue weighted by molar-refractivity contribution is -0.141. The van der Waals surface area contributed by atoms with E-state index in [1.54, 1.807) is 0 Å². The molecule has 0 aliphatic carbocycles. The molecule has 0 bridgehead atoms. The molecule has 0 aromatic carbocycles. The highest BCUT2D eigenvalue weighted by Gasteiger charge is 2.37. The minimum Gasteiger partial charge on any atom is -0.370 e. The summed E-state index contributed by atoms with van der Waals surface area (Å²) in [6.45, 7) is 4.59. The smallest absolute Gasteiger partial charge is 0.245 e. The van der Waals surface area contributed by atoms with Gasteiger partial charge in [0, 0.05) is 13.1 Å².